The first-order valence-corrected chi connectivity index (χ1v) is 5.03. The van der Waals surface area contributed by atoms with Crippen LogP contribution in [0.5, 0.6) is 0 Å². The Hall–Kier alpha value is -0.610. The van der Waals surface area contributed by atoms with Gasteiger partial charge in [0.15, 0.2) is 0 Å². The number of nitrogens with zero attached hydrogens (tertiary/aromatic N) is 1. The Balaban J connectivity index is 1.92. The molecule has 0 aliphatic carbocycles. The third-order valence-corrected chi connectivity index (χ3v) is 2.61. The molecule has 1 atom stereocenters. The van der Waals surface area contributed by atoms with Crippen LogP contribution in [0.4, 0.5) is 0 Å². The molecule has 74 valence electrons. The van der Waals surface area contributed by atoms with Gasteiger partial charge in [0.1, 0.15) is 0 Å². The zero-order valence-corrected chi connectivity index (χ0v) is 7.79. The molecule has 0 aromatic carbocycles. The van der Waals surface area contributed by atoms with Crippen molar-refractivity contribution in [1.29, 1.82) is 0 Å². The van der Waals surface area contributed by atoms with E-state index in [2.05, 4.69) is 5.32 Å². The maximum absolute atomic E-state index is 11.5. The van der Waals surface area contributed by atoms with Gasteiger partial charge in [-0.3, -0.25) is 9.63 Å². The van der Waals surface area contributed by atoms with Gasteiger partial charge in [-0.15, -0.1) is 0 Å². The van der Waals surface area contributed by atoms with E-state index >= 15 is 0 Å². The second-order valence-electron chi connectivity index (χ2n) is 3.66. The summed E-state index contributed by atoms with van der Waals surface area (Å²) in [5.41, 5.74) is 0. The van der Waals surface area contributed by atoms with Crippen molar-refractivity contribution in [3.63, 3.8) is 0 Å². The molecule has 2 heterocycles. The van der Waals surface area contributed by atoms with Crippen LogP contribution in [-0.2, 0) is 9.63 Å². The quantitative estimate of drug-likeness (QED) is 0.637. The van der Waals surface area contributed by atoms with Crippen molar-refractivity contribution in [2.45, 2.75) is 31.7 Å². The second-order valence-corrected chi connectivity index (χ2v) is 3.66. The molecule has 1 amide bonds. The summed E-state index contributed by atoms with van der Waals surface area (Å²) in [4.78, 5) is 16.8. The van der Waals surface area contributed by atoms with Gasteiger partial charge in [0.05, 0.1) is 12.6 Å². The lowest BCUT2D eigenvalue weighted by atomic mass is 10.1. The first kappa shape index (κ1) is 8.97. The Bertz CT molecular complexity index is 190. The number of hydrogen-bond donors (Lipinski definition) is 1. The maximum Gasteiger partial charge on any atom is 0.246 e. The fourth-order valence-corrected chi connectivity index (χ4v) is 1.91. The molecule has 4 heteroatoms. The lowest BCUT2D eigenvalue weighted by Gasteiger charge is -2.35. The first-order valence-electron chi connectivity index (χ1n) is 5.03. The minimum Gasteiger partial charge on any atom is -0.315 e. The Labute approximate surface area is 78.2 Å². The molecule has 0 aromatic rings. The lowest BCUT2D eigenvalue weighted by Crippen LogP contribution is -2.50. The molecule has 2 fully saturated rings. The highest BCUT2D eigenvalue weighted by Crippen LogP contribution is 2.16. The van der Waals surface area contributed by atoms with Crippen LogP contribution in [0, 0.1) is 0 Å². The van der Waals surface area contributed by atoms with E-state index in [1.165, 1.54) is 0 Å². The van der Waals surface area contributed by atoms with E-state index in [1.807, 2.05) is 0 Å². The summed E-state index contributed by atoms with van der Waals surface area (Å²) in [6.45, 7) is 2.65. The number of amides is 1. The minimum atomic E-state index is 0.153. The van der Waals surface area contributed by atoms with Crippen LogP contribution in [0.25, 0.3) is 0 Å². The zero-order chi connectivity index (χ0) is 9.10. The summed E-state index contributed by atoms with van der Waals surface area (Å²) < 4.78 is 0. The molecule has 2 aliphatic heterocycles. The van der Waals surface area contributed by atoms with Gasteiger partial charge in [0, 0.05) is 13.0 Å². The van der Waals surface area contributed by atoms with Crippen LogP contribution in [0.15, 0.2) is 0 Å². The van der Waals surface area contributed by atoms with Crippen LogP contribution in [-0.4, -0.2) is 36.7 Å². The zero-order valence-electron chi connectivity index (χ0n) is 7.79. The number of hydroxylamine groups is 2. The average molecular weight is 184 g/mol. The van der Waals surface area contributed by atoms with Crippen molar-refractivity contribution >= 4 is 5.91 Å². The van der Waals surface area contributed by atoms with Gasteiger partial charge < -0.3 is 5.32 Å². The molecule has 2 aliphatic rings. The molecule has 4 nitrogen and oxygen atoms in total. The van der Waals surface area contributed by atoms with E-state index in [1.54, 1.807) is 5.06 Å². The highest BCUT2D eigenvalue weighted by atomic mass is 16.7. The van der Waals surface area contributed by atoms with Gasteiger partial charge in [-0.25, -0.2) is 5.06 Å². The van der Waals surface area contributed by atoms with Gasteiger partial charge in [-0.05, 0) is 25.8 Å². The Morgan fingerprint density at radius 3 is 3.08 bits per heavy atom. The van der Waals surface area contributed by atoms with E-state index < -0.39 is 0 Å². The SMILES string of the molecule is O=C1CCCON1C1CCCNC1. The summed E-state index contributed by atoms with van der Waals surface area (Å²) in [5.74, 6) is 0.153. The summed E-state index contributed by atoms with van der Waals surface area (Å²) in [6.07, 6.45) is 3.72. The van der Waals surface area contributed by atoms with Gasteiger partial charge in [-0.2, -0.15) is 0 Å². The molecule has 0 spiro atoms. The number of piperidine rings is 1. The standard InChI is InChI=1S/C9H16N2O2/c12-9-4-2-6-13-11(9)8-3-1-5-10-7-8/h8,10H,1-7H2. The number of carbonyl (C=O) groups excluding carboxylic acids is 1. The molecule has 2 rings (SSSR count). The molecule has 0 saturated carbocycles. The van der Waals surface area contributed by atoms with Crippen LogP contribution in [0.1, 0.15) is 25.7 Å². The molecule has 0 aromatic heterocycles. The summed E-state index contributed by atoms with van der Waals surface area (Å²) >= 11 is 0. The van der Waals surface area contributed by atoms with E-state index in [9.17, 15) is 4.79 Å². The molecule has 2 saturated heterocycles. The summed E-state index contributed by atoms with van der Waals surface area (Å²) in [6, 6.07) is 0.265. The molecule has 0 radical (unpaired) electrons. The van der Waals surface area contributed by atoms with E-state index in [4.69, 9.17) is 4.84 Å². The van der Waals surface area contributed by atoms with Gasteiger partial charge in [0.2, 0.25) is 5.91 Å². The highest BCUT2D eigenvalue weighted by molar-refractivity contribution is 5.75. The van der Waals surface area contributed by atoms with Crippen molar-refractivity contribution in [2.75, 3.05) is 19.7 Å². The largest absolute Gasteiger partial charge is 0.315 e. The third kappa shape index (κ3) is 2.00. The monoisotopic (exact) mass is 184 g/mol. The Morgan fingerprint density at radius 1 is 1.46 bits per heavy atom. The van der Waals surface area contributed by atoms with E-state index in [0.29, 0.717) is 13.0 Å². The van der Waals surface area contributed by atoms with Gasteiger partial charge in [0.25, 0.3) is 0 Å². The van der Waals surface area contributed by atoms with Gasteiger partial charge in [-0.1, -0.05) is 0 Å². The molecule has 1 N–H and O–H groups in total. The Kier molecular flexibility index (Phi) is 2.80. The Morgan fingerprint density at radius 2 is 2.38 bits per heavy atom. The predicted molar refractivity (Wildman–Crippen MR) is 47.9 cm³/mol. The highest BCUT2D eigenvalue weighted by Gasteiger charge is 2.28. The summed E-state index contributed by atoms with van der Waals surface area (Å²) in [5, 5.41) is 4.87. The third-order valence-electron chi connectivity index (χ3n) is 2.61. The number of hydrogen-bond acceptors (Lipinski definition) is 3. The maximum atomic E-state index is 11.5. The minimum absolute atomic E-state index is 0.153. The lowest BCUT2D eigenvalue weighted by molar-refractivity contribution is -0.213. The van der Waals surface area contributed by atoms with Crippen molar-refractivity contribution in [3.05, 3.63) is 0 Å². The van der Waals surface area contributed by atoms with Crippen LogP contribution < -0.4 is 5.32 Å². The second kappa shape index (κ2) is 4.07. The summed E-state index contributed by atoms with van der Waals surface area (Å²) in [7, 11) is 0. The molecule has 1 unspecified atom stereocenters. The predicted octanol–water partition coefficient (Wildman–Crippen LogP) is 0.292. The van der Waals surface area contributed by atoms with Crippen LogP contribution >= 0.6 is 0 Å². The fraction of sp³-hybridized carbons (Fsp3) is 0.889. The first-order chi connectivity index (χ1) is 6.38. The van der Waals surface area contributed by atoms with Crippen molar-refractivity contribution in [1.82, 2.24) is 10.4 Å². The van der Waals surface area contributed by atoms with E-state index in [-0.39, 0.29) is 11.9 Å². The van der Waals surface area contributed by atoms with Crippen LogP contribution in [0.3, 0.4) is 0 Å². The number of nitrogens with one attached hydrogen (secondary N) is 1. The fourth-order valence-electron chi connectivity index (χ4n) is 1.91. The van der Waals surface area contributed by atoms with Crippen LogP contribution in [0.2, 0.25) is 0 Å². The smallest absolute Gasteiger partial charge is 0.246 e. The normalized spacial score (nSPS) is 30.6. The van der Waals surface area contributed by atoms with Crippen molar-refractivity contribution < 1.29 is 9.63 Å². The number of rotatable bonds is 1. The van der Waals surface area contributed by atoms with Crippen molar-refractivity contribution in [2.24, 2.45) is 0 Å². The number of carbonyl (C=O) groups is 1. The molecule has 13 heavy (non-hydrogen) atoms. The molecular formula is C9H16N2O2. The van der Waals surface area contributed by atoms with E-state index in [0.717, 1.165) is 32.4 Å². The van der Waals surface area contributed by atoms with Crippen molar-refractivity contribution in [3.8, 4) is 0 Å². The molecule has 0 bridgehead atoms. The van der Waals surface area contributed by atoms with Gasteiger partial charge >= 0.3 is 0 Å². The molecular weight excluding hydrogens is 168 g/mol. The average Bonchev–Trinajstić information content (AvgIpc) is 2.20. The topological polar surface area (TPSA) is 41.6 Å².